The van der Waals surface area contributed by atoms with E-state index in [4.69, 9.17) is 9.47 Å². The van der Waals surface area contributed by atoms with Gasteiger partial charge in [0.15, 0.2) is 11.5 Å². The number of para-hydroxylation sites is 1. The Balaban J connectivity index is 1.45. The second kappa shape index (κ2) is 8.40. The number of aromatic nitrogens is 3. The number of fused-ring (bicyclic) bond motifs is 1. The van der Waals surface area contributed by atoms with Crippen LogP contribution >= 0.6 is 0 Å². The highest BCUT2D eigenvalue weighted by Crippen LogP contribution is 2.39. The van der Waals surface area contributed by atoms with Crippen molar-refractivity contribution in [1.29, 1.82) is 0 Å². The van der Waals surface area contributed by atoms with Crippen molar-refractivity contribution in [2.45, 2.75) is 31.4 Å². The molecule has 0 aliphatic carbocycles. The third-order valence-electron chi connectivity index (χ3n) is 5.80. The smallest absolute Gasteiger partial charge is 0.361 e. The SMILES string of the molecule is COC(=O)c1nnn(CC(=O)N2CCC3(CC2)CC(=O)c2ccccc2O3)c1C(=O)OC. The van der Waals surface area contributed by atoms with Crippen LogP contribution in [-0.2, 0) is 20.8 Å². The number of benzene rings is 1. The first kappa shape index (κ1) is 21.5. The van der Waals surface area contributed by atoms with Crippen LogP contribution in [0.4, 0.5) is 0 Å². The third-order valence-corrected chi connectivity index (χ3v) is 5.80. The third kappa shape index (κ3) is 3.81. The average Bonchev–Trinajstić information content (AvgIpc) is 3.21. The highest BCUT2D eigenvalue weighted by Gasteiger charge is 2.43. The number of hydrogen-bond donors (Lipinski definition) is 0. The van der Waals surface area contributed by atoms with Crippen LogP contribution in [-0.4, -0.2) is 76.4 Å². The Morgan fingerprint density at radius 2 is 1.78 bits per heavy atom. The summed E-state index contributed by atoms with van der Waals surface area (Å²) in [4.78, 5) is 51.0. The topological polar surface area (TPSA) is 130 Å². The van der Waals surface area contributed by atoms with E-state index in [0.717, 1.165) is 18.9 Å². The Kier molecular flexibility index (Phi) is 5.64. The van der Waals surface area contributed by atoms with Gasteiger partial charge in [-0.1, -0.05) is 17.3 Å². The van der Waals surface area contributed by atoms with E-state index in [1.165, 1.54) is 0 Å². The van der Waals surface area contributed by atoms with Gasteiger partial charge in [-0.2, -0.15) is 0 Å². The van der Waals surface area contributed by atoms with E-state index in [2.05, 4.69) is 15.0 Å². The molecule has 1 saturated heterocycles. The highest BCUT2D eigenvalue weighted by atomic mass is 16.5. The number of rotatable bonds is 4. The van der Waals surface area contributed by atoms with Crippen LogP contribution in [0.3, 0.4) is 0 Å². The number of ketones is 1. The first-order valence-corrected chi connectivity index (χ1v) is 10.1. The minimum atomic E-state index is -0.858. The van der Waals surface area contributed by atoms with E-state index >= 15 is 0 Å². The van der Waals surface area contributed by atoms with E-state index in [1.807, 2.05) is 6.07 Å². The Bertz CT molecular complexity index is 1090. The lowest BCUT2D eigenvalue weighted by molar-refractivity contribution is -0.135. The molecule has 1 amide bonds. The van der Waals surface area contributed by atoms with Crippen LogP contribution < -0.4 is 4.74 Å². The summed E-state index contributed by atoms with van der Waals surface area (Å²) in [5, 5.41) is 7.42. The van der Waals surface area contributed by atoms with Gasteiger partial charge in [0.05, 0.1) is 26.2 Å². The standard InChI is InChI=1S/C21H22N4O7/c1-30-19(28)17-18(20(29)31-2)25(23-22-17)12-16(27)24-9-7-21(8-10-24)11-14(26)13-5-3-4-6-15(13)32-21/h3-6H,7-12H2,1-2H3. The Morgan fingerprint density at radius 1 is 1.09 bits per heavy atom. The summed E-state index contributed by atoms with van der Waals surface area (Å²) in [6.45, 7) is 0.449. The minimum absolute atomic E-state index is 0.0345. The Morgan fingerprint density at radius 3 is 2.47 bits per heavy atom. The van der Waals surface area contributed by atoms with Gasteiger partial charge in [-0.25, -0.2) is 14.3 Å². The molecular formula is C21H22N4O7. The van der Waals surface area contributed by atoms with Crippen LogP contribution in [0.2, 0.25) is 0 Å². The largest absolute Gasteiger partial charge is 0.486 e. The van der Waals surface area contributed by atoms with Crippen LogP contribution in [0.5, 0.6) is 5.75 Å². The molecule has 11 heteroatoms. The molecule has 11 nitrogen and oxygen atoms in total. The van der Waals surface area contributed by atoms with E-state index < -0.39 is 17.5 Å². The van der Waals surface area contributed by atoms with E-state index in [9.17, 15) is 19.2 Å². The predicted molar refractivity (Wildman–Crippen MR) is 107 cm³/mol. The molecular weight excluding hydrogens is 420 g/mol. The maximum Gasteiger partial charge on any atom is 0.361 e. The molecule has 1 fully saturated rings. The van der Waals surface area contributed by atoms with Crippen molar-refractivity contribution in [3.8, 4) is 5.75 Å². The van der Waals surface area contributed by atoms with Crippen molar-refractivity contribution in [1.82, 2.24) is 19.9 Å². The van der Waals surface area contributed by atoms with Gasteiger partial charge in [0.1, 0.15) is 17.9 Å². The quantitative estimate of drug-likeness (QED) is 0.633. The molecule has 168 valence electrons. The van der Waals surface area contributed by atoms with Gasteiger partial charge in [-0.15, -0.1) is 5.10 Å². The maximum absolute atomic E-state index is 12.9. The van der Waals surface area contributed by atoms with Gasteiger partial charge < -0.3 is 19.1 Å². The number of carbonyl (C=O) groups is 4. The molecule has 0 bridgehead atoms. The lowest BCUT2D eigenvalue weighted by atomic mass is 9.82. The van der Waals surface area contributed by atoms with Crippen molar-refractivity contribution in [3.63, 3.8) is 0 Å². The number of methoxy groups -OCH3 is 2. The number of esters is 2. The van der Waals surface area contributed by atoms with Crippen molar-refractivity contribution in [2.24, 2.45) is 0 Å². The van der Waals surface area contributed by atoms with E-state index in [1.54, 1.807) is 23.1 Å². The molecule has 0 unspecified atom stereocenters. The number of hydrogen-bond acceptors (Lipinski definition) is 9. The van der Waals surface area contributed by atoms with Crippen LogP contribution in [0.25, 0.3) is 0 Å². The number of nitrogens with zero attached hydrogens (tertiary/aromatic N) is 4. The number of Topliss-reactive ketones (excluding diaryl/α,β-unsaturated/α-hetero) is 1. The van der Waals surface area contributed by atoms with Crippen LogP contribution in [0, 0.1) is 0 Å². The molecule has 0 saturated carbocycles. The van der Waals surface area contributed by atoms with Gasteiger partial charge >= 0.3 is 11.9 Å². The number of piperidine rings is 1. The van der Waals surface area contributed by atoms with E-state index in [0.29, 0.717) is 37.2 Å². The number of carbonyl (C=O) groups excluding carboxylic acids is 4. The molecule has 2 aromatic rings. The van der Waals surface area contributed by atoms with Gasteiger partial charge in [-0.05, 0) is 12.1 Å². The molecule has 1 aromatic heterocycles. The first-order chi connectivity index (χ1) is 15.4. The summed E-state index contributed by atoms with van der Waals surface area (Å²) in [5.41, 5.74) is -0.624. The van der Waals surface area contributed by atoms with Gasteiger partial charge in [-0.3, -0.25) is 9.59 Å². The fraction of sp³-hybridized carbons (Fsp3) is 0.429. The number of ether oxygens (including phenoxy) is 3. The lowest BCUT2D eigenvalue weighted by Gasteiger charge is -2.43. The van der Waals surface area contributed by atoms with Crippen molar-refractivity contribution in [3.05, 3.63) is 41.2 Å². The monoisotopic (exact) mass is 442 g/mol. The average molecular weight is 442 g/mol. The van der Waals surface area contributed by atoms with Crippen molar-refractivity contribution in [2.75, 3.05) is 27.3 Å². The molecule has 0 atom stereocenters. The Labute approximate surface area is 183 Å². The summed E-state index contributed by atoms with van der Waals surface area (Å²) in [7, 11) is 2.30. The summed E-state index contributed by atoms with van der Waals surface area (Å²) in [5.74, 6) is -1.41. The summed E-state index contributed by atoms with van der Waals surface area (Å²) in [6.07, 6.45) is 1.25. The summed E-state index contributed by atoms with van der Waals surface area (Å²) in [6, 6.07) is 7.16. The molecule has 0 N–H and O–H groups in total. The van der Waals surface area contributed by atoms with Crippen molar-refractivity contribution >= 4 is 23.6 Å². The fourth-order valence-corrected chi connectivity index (χ4v) is 4.07. The molecule has 3 heterocycles. The molecule has 4 rings (SSSR count). The maximum atomic E-state index is 12.9. The number of likely N-dealkylation sites (tertiary alicyclic amines) is 1. The fourth-order valence-electron chi connectivity index (χ4n) is 4.07. The Hall–Kier alpha value is -3.76. The zero-order valence-corrected chi connectivity index (χ0v) is 17.7. The highest BCUT2D eigenvalue weighted by molar-refractivity contribution is 6.01. The normalized spacial score (nSPS) is 16.8. The van der Waals surface area contributed by atoms with Crippen LogP contribution in [0.1, 0.15) is 50.6 Å². The van der Waals surface area contributed by atoms with E-state index in [-0.39, 0.29) is 36.0 Å². The molecule has 0 radical (unpaired) electrons. The zero-order valence-electron chi connectivity index (χ0n) is 17.7. The van der Waals surface area contributed by atoms with Gasteiger partial charge in [0.2, 0.25) is 11.6 Å². The molecule has 32 heavy (non-hydrogen) atoms. The second-order valence-corrected chi connectivity index (χ2v) is 7.69. The zero-order chi connectivity index (χ0) is 22.9. The minimum Gasteiger partial charge on any atom is -0.486 e. The van der Waals surface area contributed by atoms with Crippen LogP contribution in [0.15, 0.2) is 24.3 Å². The second-order valence-electron chi connectivity index (χ2n) is 7.69. The summed E-state index contributed by atoms with van der Waals surface area (Å²) < 4.78 is 16.5. The number of amides is 1. The lowest BCUT2D eigenvalue weighted by Crippen LogP contribution is -2.52. The van der Waals surface area contributed by atoms with Gasteiger partial charge in [0.25, 0.3) is 0 Å². The molecule has 2 aliphatic heterocycles. The molecule has 1 spiro atoms. The molecule has 2 aliphatic rings. The van der Waals surface area contributed by atoms with Gasteiger partial charge in [0, 0.05) is 25.9 Å². The first-order valence-electron chi connectivity index (χ1n) is 10.1. The van der Waals surface area contributed by atoms with Crippen molar-refractivity contribution < 1.29 is 33.4 Å². The predicted octanol–water partition coefficient (Wildman–Crippen LogP) is 0.878. The summed E-state index contributed by atoms with van der Waals surface area (Å²) >= 11 is 0. The molecule has 1 aromatic carbocycles.